The van der Waals surface area contributed by atoms with Crippen LogP contribution in [0.5, 0.6) is 0 Å². The molecular formula is C32H21N3. The van der Waals surface area contributed by atoms with Gasteiger partial charge in [0.25, 0.3) is 0 Å². The summed E-state index contributed by atoms with van der Waals surface area (Å²) in [6.45, 7) is 0. The van der Waals surface area contributed by atoms with Crippen molar-refractivity contribution in [2.45, 2.75) is 25.7 Å². The van der Waals surface area contributed by atoms with E-state index in [-0.39, 0.29) is 0 Å². The summed E-state index contributed by atoms with van der Waals surface area (Å²) in [7, 11) is 0. The Hall–Kier alpha value is -4.24. The van der Waals surface area contributed by atoms with Gasteiger partial charge in [-0.15, -0.1) is 0 Å². The summed E-state index contributed by atoms with van der Waals surface area (Å²) in [5, 5.41) is 0. The number of fused-ring (bicyclic) bond motifs is 11. The molecule has 3 heteroatoms. The van der Waals surface area contributed by atoms with Gasteiger partial charge in [-0.3, -0.25) is 9.88 Å². The van der Waals surface area contributed by atoms with Crippen molar-refractivity contribution in [2.24, 2.45) is 0 Å². The lowest BCUT2D eigenvalue weighted by Gasteiger charge is -2.39. The highest BCUT2D eigenvalue weighted by molar-refractivity contribution is 5.94. The average Bonchev–Trinajstić information content (AvgIpc) is 3.44. The first-order chi connectivity index (χ1) is 17.3. The second-order valence-corrected chi connectivity index (χ2v) is 10.2. The van der Waals surface area contributed by atoms with E-state index in [1.165, 1.54) is 78.1 Å². The molecule has 3 nitrogen and oxygen atoms in total. The molecule has 3 aromatic carbocycles. The van der Waals surface area contributed by atoms with Crippen LogP contribution in [-0.4, -0.2) is 9.97 Å². The molecule has 0 fully saturated rings. The second kappa shape index (κ2) is 6.25. The minimum absolute atomic E-state index is 0.920. The Balaban J connectivity index is 1.29. The van der Waals surface area contributed by atoms with Crippen LogP contribution in [0.1, 0.15) is 44.5 Å². The number of anilines is 3. The number of pyridine rings is 2. The van der Waals surface area contributed by atoms with E-state index in [0.29, 0.717) is 0 Å². The van der Waals surface area contributed by atoms with E-state index in [1.807, 2.05) is 18.6 Å². The maximum Gasteiger partial charge on any atom is 0.141 e. The zero-order valence-electron chi connectivity index (χ0n) is 19.2. The molecule has 2 aliphatic heterocycles. The van der Waals surface area contributed by atoms with Crippen LogP contribution in [0.25, 0.3) is 22.3 Å². The van der Waals surface area contributed by atoms with E-state index in [9.17, 15) is 0 Å². The Labute approximate surface area is 203 Å². The maximum atomic E-state index is 4.85. The first kappa shape index (κ1) is 18.1. The predicted octanol–water partition coefficient (Wildman–Crippen LogP) is 6.90. The fourth-order valence-electron chi connectivity index (χ4n) is 6.97. The molecule has 2 aromatic heterocycles. The van der Waals surface area contributed by atoms with Crippen LogP contribution in [0.4, 0.5) is 17.2 Å². The van der Waals surface area contributed by atoms with E-state index < -0.39 is 0 Å². The molecule has 0 spiro atoms. The molecule has 0 bridgehead atoms. The maximum absolute atomic E-state index is 4.85. The quantitative estimate of drug-likeness (QED) is 0.253. The number of hydrogen-bond acceptors (Lipinski definition) is 3. The lowest BCUT2D eigenvalue weighted by molar-refractivity contribution is 0.961. The average molecular weight is 448 g/mol. The van der Waals surface area contributed by atoms with E-state index in [2.05, 4.69) is 70.5 Å². The zero-order chi connectivity index (χ0) is 22.7. The molecule has 35 heavy (non-hydrogen) atoms. The standard InChI is InChI=1S/C32H21N3/c1-2-6-24-18(4-1)10-20-13-26-21(14-25(20)24)15-28-27(26)16-22-11-23-17-33-9-7-30(23)35-31(22)29(28)12-19-5-3-8-34-32(19)35/h1-9,13-14,16-17H,10-12,15H2. The van der Waals surface area contributed by atoms with Gasteiger partial charge in [0, 0.05) is 31.4 Å². The molecule has 0 saturated carbocycles. The largest absolute Gasteiger partial charge is 0.294 e. The number of rotatable bonds is 0. The fourth-order valence-corrected chi connectivity index (χ4v) is 6.97. The van der Waals surface area contributed by atoms with Crippen LogP contribution >= 0.6 is 0 Å². The minimum atomic E-state index is 0.920. The predicted molar refractivity (Wildman–Crippen MR) is 139 cm³/mol. The van der Waals surface area contributed by atoms with Gasteiger partial charge in [-0.2, -0.15) is 0 Å². The first-order valence-corrected chi connectivity index (χ1v) is 12.4. The van der Waals surface area contributed by atoms with Gasteiger partial charge >= 0.3 is 0 Å². The molecule has 0 atom stereocenters. The van der Waals surface area contributed by atoms with Crippen molar-refractivity contribution in [3.05, 3.63) is 124 Å². The molecule has 0 amide bonds. The lowest BCUT2D eigenvalue weighted by Crippen LogP contribution is -2.26. The van der Waals surface area contributed by atoms with Crippen LogP contribution in [0.2, 0.25) is 0 Å². The summed E-state index contributed by atoms with van der Waals surface area (Å²) < 4.78 is 0. The highest BCUT2D eigenvalue weighted by atomic mass is 15.2. The van der Waals surface area contributed by atoms with Crippen LogP contribution in [0.15, 0.2) is 79.3 Å². The monoisotopic (exact) mass is 447 g/mol. The summed E-state index contributed by atoms with van der Waals surface area (Å²) in [6, 6.07) is 22.8. The third-order valence-corrected chi connectivity index (χ3v) is 8.44. The second-order valence-electron chi connectivity index (χ2n) is 10.2. The third kappa shape index (κ3) is 2.26. The highest BCUT2D eigenvalue weighted by Crippen LogP contribution is 2.54. The van der Waals surface area contributed by atoms with Gasteiger partial charge < -0.3 is 0 Å². The van der Waals surface area contributed by atoms with Crippen molar-refractivity contribution >= 4 is 17.2 Å². The summed E-state index contributed by atoms with van der Waals surface area (Å²) >= 11 is 0. The van der Waals surface area contributed by atoms with Gasteiger partial charge in [0.2, 0.25) is 0 Å². The zero-order valence-corrected chi connectivity index (χ0v) is 19.2. The molecule has 9 rings (SSSR count). The Kier molecular flexibility index (Phi) is 3.24. The summed E-state index contributed by atoms with van der Waals surface area (Å²) in [4.78, 5) is 11.7. The fraction of sp³-hybridized carbons (Fsp3) is 0.125. The number of benzene rings is 3. The smallest absolute Gasteiger partial charge is 0.141 e. The van der Waals surface area contributed by atoms with Crippen molar-refractivity contribution in [2.75, 3.05) is 4.90 Å². The molecule has 2 aliphatic carbocycles. The van der Waals surface area contributed by atoms with Crippen molar-refractivity contribution in [3.8, 4) is 22.3 Å². The van der Waals surface area contributed by atoms with Gasteiger partial charge in [0.05, 0.1) is 11.4 Å². The molecule has 0 radical (unpaired) electrons. The third-order valence-electron chi connectivity index (χ3n) is 8.44. The molecule has 5 aromatic rings. The van der Waals surface area contributed by atoms with Gasteiger partial charge in [-0.1, -0.05) is 30.3 Å². The topological polar surface area (TPSA) is 29.0 Å². The molecular weight excluding hydrogens is 426 g/mol. The van der Waals surface area contributed by atoms with E-state index in [1.54, 1.807) is 0 Å². The SMILES string of the molecule is c1ccc2c(c1)Cc1cc3c(cc1-2)Cc1c-3cc2c3c1Cc1cccnc1N3c1ccncc1C2. The number of hydrogen-bond donors (Lipinski definition) is 0. The van der Waals surface area contributed by atoms with Gasteiger partial charge in [-0.05, 0) is 110 Å². The molecule has 4 aliphatic rings. The van der Waals surface area contributed by atoms with Crippen LogP contribution in [0.3, 0.4) is 0 Å². The molecule has 164 valence electrons. The Bertz CT molecular complexity index is 1750. The molecule has 0 N–H and O–H groups in total. The Morgan fingerprint density at radius 2 is 1.34 bits per heavy atom. The van der Waals surface area contributed by atoms with Crippen LogP contribution in [-0.2, 0) is 25.7 Å². The van der Waals surface area contributed by atoms with Gasteiger partial charge in [0.15, 0.2) is 0 Å². The van der Waals surface area contributed by atoms with Crippen LogP contribution < -0.4 is 4.90 Å². The molecule has 0 saturated heterocycles. The number of aromatic nitrogens is 2. The van der Waals surface area contributed by atoms with Crippen molar-refractivity contribution in [3.63, 3.8) is 0 Å². The molecule has 4 heterocycles. The van der Waals surface area contributed by atoms with Crippen LogP contribution in [0, 0.1) is 0 Å². The minimum Gasteiger partial charge on any atom is -0.294 e. The van der Waals surface area contributed by atoms with Crippen molar-refractivity contribution < 1.29 is 0 Å². The lowest BCUT2D eigenvalue weighted by atomic mass is 9.83. The normalized spacial score (nSPS) is 14.9. The van der Waals surface area contributed by atoms with Crippen molar-refractivity contribution in [1.82, 2.24) is 9.97 Å². The Morgan fingerprint density at radius 3 is 2.31 bits per heavy atom. The Morgan fingerprint density at radius 1 is 0.571 bits per heavy atom. The number of nitrogens with zero attached hydrogens (tertiary/aromatic N) is 3. The summed E-state index contributed by atoms with van der Waals surface area (Å²) in [6.07, 6.45) is 9.77. The summed E-state index contributed by atoms with van der Waals surface area (Å²) in [5.74, 6) is 1.07. The first-order valence-electron chi connectivity index (χ1n) is 12.4. The van der Waals surface area contributed by atoms with E-state index >= 15 is 0 Å². The molecule has 0 unspecified atom stereocenters. The van der Waals surface area contributed by atoms with Gasteiger partial charge in [0.1, 0.15) is 5.82 Å². The van der Waals surface area contributed by atoms with Crippen molar-refractivity contribution in [1.29, 1.82) is 0 Å². The van der Waals surface area contributed by atoms with E-state index in [0.717, 1.165) is 31.5 Å². The van der Waals surface area contributed by atoms with E-state index in [4.69, 9.17) is 4.98 Å². The summed E-state index contributed by atoms with van der Waals surface area (Å²) in [5.41, 5.74) is 19.6. The highest BCUT2D eigenvalue weighted by Gasteiger charge is 2.37. The van der Waals surface area contributed by atoms with Gasteiger partial charge in [-0.25, -0.2) is 4.98 Å².